The molecule has 0 amide bonds. The molecule has 0 aliphatic rings. The van der Waals surface area contributed by atoms with E-state index in [1.165, 1.54) is 0 Å². The molecule has 0 rings (SSSR count). The second-order valence-electron chi connectivity index (χ2n) is 4.61. The Bertz CT molecular complexity index is 540. The van der Waals surface area contributed by atoms with Crippen molar-refractivity contribution in [3.05, 3.63) is 0 Å². The van der Waals surface area contributed by atoms with Gasteiger partial charge >= 0.3 is 65.3 Å². The minimum Gasteiger partial charge on any atom is -0.779 e. The van der Waals surface area contributed by atoms with E-state index in [9.17, 15) is 66.5 Å². The van der Waals surface area contributed by atoms with Gasteiger partial charge in [-0.3, -0.25) is 0 Å². The van der Waals surface area contributed by atoms with Crippen molar-refractivity contribution in [3.8, 4) is 0 Å². The first kappa shape index (κ1) is 28.4. The summed E-state index contributed by atoms with van der Waals surface area (Å²) >= 11 is 0. The van der Waals surface area contributed by atoms with E-state index in [4.69, 9.17) is 4.89 Å². The van der Waals surface area contributed by atoms with Crippen LogP contribution in [0.3, 0.4) is 0 Å². The molecule has 0 saturated carbocycles. The maximum atomic E-state index is 13.0. The molecular weight excluding hydrogens is 445 g/mol. The van der Waals surface area contributed by atoms with Crippen LogP contribution in [0.4, 0.5) is 57.1 Å². The van der Waals surface area contributed by atoms with Crippen LogP contribution in [0.2, 0.25) is 0 Å². The average Bonchev–Trinajstić information content (AvgIpc) is 2.33. The Kier molecular flexibility index (Phi) is 8.29. The molecule has 152 valence electrons. The van der Waals surface area contributed by atoms with Gasteiger partial charge in [0.15, 0.2) is 0 Å². The van der Waals surface area contributed by atoms with Gasteiger partial charge in [0.2, 0.25) is 0 Å². The van der Waals surface area contributed by atoms with E-state index < -0.39 is 56.0 Å². The van der Waals surface area contributed by atoms with Gasteiger partial charge in [-0.2, -0.15) is 57.1 Å². The van der Waals surface area contributed by atoms with Gasteiger partial charge in [0.05, 0.1) is 0 Å². The van der Waals surface area contributed by atoms with Crippen LogP contribution in [-0.4, -0.2) is 46.8 Å². The summed E-state index contributed by atoms with van der Waals surface area (Å²) in [5.41, 5.74) is 0. The minimum absolute atomic E-state index is 0. The Morgan fingerprint density at radius 3 is 1.27 bits per heavy atom. The van der Waals surface area contributed by atoms with Crippen LogP contribution >= 0.6 is 7.60 Å². The molecule has 3 nitrogen and oxygen atoms in total. The first-order valence-electron chi connectivity index (χ1n) is 5.44. The van der Waals surface area contributed by atoms with Crippen LogP contribution in [0.25, 0.3) is 0 Å². The molecular formula is C8H5F13NaO3P. The topological polar surface area (TPSA) is 60.4 Å². The van der Waals surface area contributed by atoms with E-state index in [1.807, 2.05) is 0 Å². The first-order valence-corrected chi connectivity index (χ1v) is 7.20. The SMILES string of the molecule is O=P([O-])(O)CCC(F)(F)C(F)(F)C(F)(F)C(F)(F)C(F)(F)C(F)(F)F.[Na+]. The van der Waals surface area contributed by atoms with Crippen molar-refractivity contribution >= 4 is 7.60 Å². The summed E-state index contributed by atoms with van der Waals surface area (Å²) in [5.74, 6) is -37.9. The first-order chi connectivity index (χ1) is 10.5. The Morgan fingerprint density at radius 2 is 1.00 bits per heavy atom. The van der Waals surface area contributed by atoms with Gasteiger partial charge in [-0.15, -0.1) is 0 Å². The third-order valence-corrected chi connectivity index (χ3v) is 3.50. The number of hydrogen-bond acceptors (Lipinski definition) is 2. The molecule has 0 bridgehead atoms. The maximum absolute atomic E-state index is 13.0. The molecule has 0 spiro atoms. The second kappa shape index (κ2) is 7.58. The standard InChI is InChI=1S/C8H6F13O3P.Na/c9-3(10,1-2-25(22,23)24)4(11,12)5(13,14)6(15,16)7(17,18)8(19,20)21;/h1-2H2,(H2,22,23,24);/q;+1/p-1. The van der Waals surface area contributed by atoms with Crippen molar-refractivity contribution in [2.45, 2.75) is 42.2 Å². The van der Waals surface area contributed by atoms with E-state index in [2.05, 4.69) is 0 Å². The number of halogens is 13. The van der Waals surface area contributed by atoms with Gasteiger partial charge in [-0.25, -0.2) is 0 Å². The predicted octanol–water partition coefficient (Wildman–Crippen LogP) is 0.665. The zero-order chi connectivity index (χ0) is 20.9. The van der Waals surface area contributed by atoms with Crippen LogP contribution in [0.15, 0.2) is 0 Å². The third-order valence-electron chi connectivity index (χ3n) is 2.71. The minimum atomic E-state index is -8.04. The molecule has 0 fully saturated rings. The smallest absolute Gasteiger partial charge is 0.779 e. The molecule has 26 heavy (non-hydrogen) atoms. The van der Waals surface area contributed by atoms with Crippen molar-refractivity contribution < 1.29 is 101 Å². The molecule has 0 aliphatic heterocycles. The van der Waals surface area contributed by atoms with Crippen LogP contribution < -0.4 is 34.5 Å². The molecule has 1 atom stereocenters. The molecule has 0 saturated heterocycles. The van der Waals surface area contributed by atoms with E-state index in [-0.39, 0.29) is 29.6 Å². The molecule has 0 heterocycles. The van der Waals surface area contributed by atoms with Gasteiger partial charge in [0.25, 0.3) is 0 Å². The molecule has 1 N–H and O–H groups in total. The fourth-order valence-corrected chi connectivity index (χ4v) is 1.80. The number of rotatable bonds is 7. The van der Waals surface area contributed by atoms with Crippen LogP contribution in [0.1, 0.15) is 6.42 Å². The van der Waals surface area contributed by atoms with Gasteiger partial charge < -0.3 is 14.4 Å². The normalized spacial score (nSPS) is 17.5. The van der Waals surface area contributed by atoms with E-state index in [0.29, 0.717) is 0 Å². The molecule has 1 unspecified atom stereocenters. The quantitative estimate of drug-likeness (QED) is 0.353. The average molecular weight is 450 g/mol. The third kappa shape index (κ3) is 4.80. The van der Waals surface area contributed by atoms with Crippen LogP contribution in [-0.2, 0) is 4.57 Å². The number of hydrogen-bond donors (Lipinski definition) is 1. The molecule has 0 radical (unpaired) electrons. The van der Waals surface area contributed by atoms with E-state index in [1.54, 1.807) is 0 Å². The fraction of sp³-hybridized carbons (Fsp3) is 1.00. The van der Waals surface area contributed by atoms with Crippen molar-refractivity contribution in [2.75, 3.05) is 6.16 Å². The second-order valence-corrected chi connectivity index (χ2v) is 6.33. The summed E-state index contributed by atoms with van der Waals surface area (Å²) in [5, 5.41) is 0. The summed E-state index contributed by atoms with van der Waals surface area (Å²) in [6.45, 7) is 0. The molecule has 0 aromatic rings. The Morgan fingerprint density at radius 1 is 0.692 bits per heavy atom. The summed E-state index contributed by atoms with van der Waals surface area (Å²) in [6.07, 6.45) is -12.9. The van der Waals surface area contributed by atoms with Crippen molar-refractivity contribution in [1.29, 1.82) is 0 Å². The van der Waals surface area contributed by atoms with Crippen molar-refractivity contribution in [3.63, 3.8) is 0 Å². The van der Waals surface area contributed by atoms with Crippen molar-refractivity contribution in [2.24, 2.45) is 0 Å². The summed E-state index contributed by atoms with van der Waals surface area (Å²) in [6, 6.07) is 0. The zero-order valence-electron chi connectivity index (χ0n) is 12.0. The van der Waals surface area contributed by atoms with E-state index in [0.717, 1.165) is 0 Å². The van der Waals surface area contributed by atoms with Crippen LogP contribution in [0, 0.1) is 0 Å². The fourth-order valence-electron chi connectivity index (χ4n) is 1.24. The van der Waals surface area contributed by atoms with Crippen LogP contribution in [0.5, 0.6) is 0 Å². The largest absolute Gasteiger partial charge is 1.00 e. The monoisotopic (exact) mass is 450 g/mol. The maximum Gasteiger partial charge on any atom is 1.00 e. The Hall–Kier alpha value is 0.240. The predicted molar refractivity (Wildman–Crippen MR) is 50.1 cm³/mol. The molecule has 18 heteroatoms. The van der Waals surface area contributed by atoms with Gasteiger partial charge in [0, 0.05) is 12.6 Å². The Balaban J connectivity index is 0. The summed E-state index contributed by atoms with van der Waals surface area (Å²) in [4.78, 5) is 18.2. The Labute approximate surface area is 157 Å². The molecule has 0 aliphatic carbocycles. The molecule has 0 aromatic heterocycles. The summed E-state index contributed by atoms with van der Waals surface area (Å²) in [7, 11) is -5.81. The van der Waals surface area contributed by atoms with Crippen molar-refractivity contribution in [1.82, 2.24) is 0 Å². The zero-order valence-corrected chi connectivity index (χ0v) is 14.9. The van der Waals surface area contributed by atoms with E-state index >= 15 is 0 Å². The summed E-state index contributed by atoms with van der Waals surface area (Å²) < 4.78 is 174. The molecule has 0 aromatic carbocycles. The van der Waals surface area contributed by atoms with Gasteiger partial charge in [-0.1, -0.05) is 0 Å². The number of alkyl halides is 13. The van der Waals surface area contributed by atoms with Gasteiger partial charge in [0.1, 0.15) is 7.60 Å². The van der Waals surface area contributed by atoms with Gasteiger partial charge in [-0.05, 0) is 0 Å².